The lowest BCUT2D eigenvalue weighted by molar-refractivity contribution is -0.111. The Morgan fingerprint density at radius 2 is 2.03 bits per heavy atom. The van der Waals surface area contributed by atoms with E-state index in [0.29, 0.717) is 28.8 Å². The minimum Gasteiger partial charge on any atom is -0.423 e. The van der Waals surface area contributed by atoms with Crippen LogP contribution in [0.15, 0.2) is 71.5 Å². The third-order valence-corrected chi connectivity index (χ3v) is 4.82. The van der Waals surface area contributed by atoms with E-state index in [4.69, 9.17) is 16.0 Å². The van der Waals surface area contributed by atoms with Gasteiger partial charge in [-0.3, -0.25) is 4.79 Å². The summed E-state index contributed by atoms with van der Waals surface area (Å²) in [6.45, 7) is 2.42. The molecule has 0 bridgehead atoms. The van der Waals surface area contributed by atoms with Crippen molar-refractivity contribution < 1.29 is 9.21 Å². The molecule has 150 valence electrons. The highest BCUT2D eigenvalue weighted by Crippen LogP contribution is 2.23. The highest BCUT2D eigenvalue weighted by atomic mass is 35.5. The van der Waals surface area contributed by atoms with Crippen LogP contribution in [-0.4, -0.2) is 25.9 Å². The number of aromatic nitrogens is 4. The van der Waals surface area contributed by atoms with Crippen molar-refractivity contribution in [2.45, 2.75) is 13.5 Å². The van der Waals surface area contributed by atoms with Crippen molar-refractivity contribution in [3.05, 3.63) is 89.0 Å². The molecule has 2 heterocycles. The molecule has 2 aromatic heterocycles. The molecule has 0 unspecified atom stereocenters. The first-order chi connectivity index (χ1) is 14.6. The van der Waals surface area contributed by atoms with Crippen molar-refractivity contribution >= 4 is 29.3 Å². The molecule has 4 rings (SSSR count). The number of nitrogens with one attached hydrogen (secondary N) is 1. The highest BCUT2D eigenvalue weighted by Gasteiger charge is 2.12. The van der Waals surface area contributed by atoms with Gasteiger partial charge in [-0.1, -0.05) is 48.0 Å². The second-order valence-corrected chi connectivity index (χ2v) is 6.94. The fraction of sp³-hybridized carbons (Fsp3) is 0.0909. The topological polar surface area (TPSA) is 85.8 Å². The number of rotatable bonds is 6. The number of carbonyl (C=O) groups is 1. The normalized spacial score (nSPS) is 11.1. The number of amides is 1. The Morgan fingerprint density at radius 1 is 1.20 bits per heavy atom. The van der Waals surface area contributed by atoms with Gasteiger partial charge in [0.15, 0.2) is 0 Å². The molecular formula is C22H18ClN5O2. The molecule has 7 nitrogen and oxygen atoms in total. The van der Waals surface area contributed by atoms with E-state index >= 15 is 0 Å². The van der Waals surface area contributed by atoms with Gasteiger partial charge in [0, 0.05) is 22.9 Å². The van der Waals surface area contributed by atoms with Gasteiger partial charge in [-0.05, 0) is 36.8 Å². The number of hydrogen-bond acceptors (Lipinski definition) is 5. The first kappa shape index (κ1) is 19.6. The number of nitrogens with zero attached hydrogens (tertiary/aromatic N) is 4. The van der Waals surface area contributed by atoms with E-state index in [1.54, 1.807) is 29.0 Å². The number of carbonyl (C=O) groups excluding carboxylic acids is 1. The molecule has 0 atom stereocenters. The van der Waals surface area contributed by atoms with Gasteiger partial charge in [0.2, 0.25) is 18.2 Å². The van der Waals surface area contributed by atoms with Crippen molar-refractivity contribution in [3.8, 4) is 11.5 Å². The van der Waals surface area contributed by atoms with E-state index in [9.17, 15) is 4.79 Å². The van der Waals surface area contributed by atoms with E-state index in [2.05, 4.69) is 20.6 Å². The first-order valence-electron chi connectivity index (χ1n) is 9.22. The molecule has 1 N–H and O–H groups in total. The highest BCUT2D eigenvalue weighted by molar-refractivity contribution is 6.31. The Labute approximate surface area is 178 Å². The third kappa shape index (κ3) is 4.47. The monoisotopic (exact) mass is 419 g/mol. The summed E-state index contributed by atoms with van der Waals surface area (Å²) < 4.78 is 6.90. The Morgan fingerprint density at radius 3 is 2.80 bits per heavy atom. The fourth-order valence-electron chi connectivity index (χ4n) is 2.99. The van der Waals surface area contributed by atoms with Crippen molar-refractivity contribution in [3.63, 3.8) is 0 Å². The van der Waals surface area contributed by atoms with Gasteiger partial charge in [0.1, 0.15) is 5.15 Å². The number of aryl methyl sites for hydroxylation is 1. The maximum absolute atomic E-state index is 12.4. The maximum Gasteiger partial charge on any atom is 0.248 e. The molecular weight excluding hydrogens is 402 g/mol. The van der Waals surface area contributed by atoms with Crippen LogP contribution < -0.4 is 5.32 Å². The molecule has 4 aromatic rings. The SMILES string of the molecule is Cc1nn(Cc2ccccc2)c(Cl)c1/C=C/C(=O)Nc1cccc(-c2nnco2)c1. The van der Waals surface area contributed by atoms with Crippen molar-refractivity contribution in [1.82, 2.24) is 20.0 Å². The molecule has 2 aromatic carbocycles. The number of hydrogen-bond donors (Lipinski definition) is 1. The van der Waals surface area contributed by atoms with E-state index in [1.807, 2.05) is 43.3 Å². The summed E-state index contributed by atoms with van der Waals surface area (Å²) in [6, 6.07) is 17.1. The van der Waals surface area contributed by atoms with Crippen LogP contribution in [0.25, 0.3) is 17.5 Å². The second kappa shape index (κ2) is 8.75. The van der Waals surface area contributed by atoms with Crippen LogP contribution in [0.4, 0.5) is 5.69 Å². The summed E-state index contributed by atoms with van der Waals surface area (Å²) in [5, 5.41) is 15.3. The Bertz CT molecular complexity index is 1180. The fourth-order valence-corrected chi connectivity index (χ4v) is 3.29. The van der Waals surface area contributed by atoms with Gasteiger partial charge in [0.25, 0.3) is 0 Å². The van der Waals surface area contributed by atoms with E-state index in [1.165, 1.54) is 12.5 Å². The summed E-state index contributed by atoms with van der Waals surface area (Å²) in [5.74, 6) is 0.0961. The van der Waals surface area contributed by atoms with Crippen molar-refractivity contribution in [2.24, 2.45) is 0 Å². The van der Waals surface area contributed by atoms with Gasteiger partial charge in [0.05, 0.1) is 12.2 Å². The van der Waals surface area contributed by atoms with Crippen molar-refractivity contribution in [2.75, 3.05) is 5.32 Å². The lowest BCUT2D eigenvalue weighted by Gasteiger charge is -2.04. The zero-order valence-electron chi connectivity index (χ0n) is 16.1. The van der Waals surface area contributed by atoms with Crippen LogP contribution in [0, 0.1) is 6.92 Å². The van der Waals surface area contributed by atoms with E-state index in [-0.39, 0.29) is 5.91 Å². The van der Waals surface area contributed by atoms with Crippen LogP contribution in [0.1, 0.15) is 16.8 Å². The van der Waals surface area contributed by atoms with Crippen LogP contribution in [0.3, 0.4) is 0 Å². The lowest BCUT2D eigenvalue weighted by Crippen LogP contribution is -2.07. The first-order valence-corrected chi connectivity index (χ1v) is 9.60. The summed E-state index contributed by atoms with van der Waals surface area (Å²) in [7, 11) is 0. The van der Waals surface area contributed by atoms with E-state index in [0.717, 1.165) is 16.8 Å². The largest absolute Gasteiger partial charge is 0.423 e. The number of halogens is 1. The Hall–Kier alpha value is -3.71. The predicted octanol–water partition coefficient (Wildman–Crippen LogP) is 4.60. The zero-order valence-corrected chi connectivity index (χ0v) is 16.9. The smallest absolute Gasteiger partial charge is 0.248 e. The molecule has 0 saturated heterocycles. The van der Waals surface area contributed by atoms with Gasteiger partial charge in [-0.2, -0.15) is 5.10 Å². The average molecular weight is 420 g/mol. The minimum absolute atomic E-state index is 0.288. The minimum atomic E-state index is -0.288. The quantitative estimate of drug-likeness (QED) is 0.462. The third-order valence-electron chi connectivity index (χ3n) is 4.42. The lowest BCUT2D eigenvalue weighted by atomic mass is 10.2. The van der Waals surface area contributed by atoms with Gasteiger partial charge < -0.3 is 9.73 Å². The van der Waals surface area contributed by atoms with Gasteiger partial charge >= 0.3 is 0 Å². The molecule has 1 amide bonds. The van der Waals surface area contributed by atoms with Crippen LogP contribution >= 0.6 is 11.6 Å². The number of anilines is 1. The molecule has 0 aliphatic carbocycles. The summed E-state index contributed by atoms with van der Waals surface area (Å²) in [6.07, 6.45) is 4.36. The molecule has 0 saturated carbocycles. The molecule has 0 radical (unpaired) electrons. The number of benzene rings is 2. The Kier molecular flexibility index (Phi) is 5.72. The van der Waals surface area contributed by atoms with Crippen molar-refractivity contribution in [1.29, 1.82) is 0 Å². The van der Waals surface area contributed by atoms with E-state index < -0.39 is 0 Å². The van der Waals surface area contributed by atoms with Crippen LogP contribution in [-0.2, 0) is 11.3 Å². The molecule has 0 fully saturated rings. The van der Waals surface area contributed by atoms with Gasteiger partial charge in [-0.15, -0.1) is 10.2 Å². The Balaban J connectivity index is 1.46. The zero-order chi connectivity index (χ0) is 20.9. The average Bonchev–Trinajstić information content (AvgIpc) is 3.37. The summed E-state index contributed by atoms with van der Waals surface area (Å²) in [5.41, 5.74) is 3.88. The standard InChI is InChI=1S/C22H18ClN5O2/c1-15-19(21(23)28(27-15)13-16-6-3-2-4-7-16)10-11-20(29)25-18-9-5-8-17(12-18)22-26-24-14-30-22/h2-12,14H,13H2,1H3,(H,25,29)/b11-10+. The maximum atomic E-state index is 12.4. The summed E-state index contributed by atoms with van der Waals surface area (Å²) in [4.78, 5) is 12.4. The van der Waals surface area contributed by atoms with Crippen LogP contribution in [0.2, 0.25) is 5.15 Å². The molecule has 0 aliphatic rings. The molecule has 8 heteroatoms. The summed E-state index contributed by atoms with van der Waals surface area (Å²) >= 11 is 6.50. The molecule has 0 aliphatic heterocycles. The second-order valence-electron chi connectivity index (χ2n) is 6.58. The predicted molar refractivity (Wildman–Crippen MR) is 115 cm³/mol. The molecule has 0 spiro atoms. The molecule has 30 heavy (non-hydrogen) atoms. The van der Waals surface area contributed by atoms with Gasteiger partial charge in [-0.25, -0.2) is 4.68 Å². The van der Waals surface area contributed by atoms with Crippen LogP contribution in [0.5, 0.6) is 0 Å².